The number of hydrogen-bond acceptors (Lipinski definition) is 3. The molecule has 0 unspecified atom stereocenters. The van der Waals surface area contributed by atoms with Crippen LogP contribution in [0.2, 0.25) is 0 Å². The van der Waals surface area contributed by atoms with Crippen LogP contribution in [0.5, 0.6) is 0 Å². The first-order valence-corrected chi connectivity index (χ1v) is 6.14. The number of rotatable bonds is 4. The minimum absolute atomic E-state index is 0.133. The van der Waals surface area contributed by atoms with Crippen LogP contribution in [-0.4, -0.2) is 16.5 Å². The highest BCUT2D eigenvalue weighted by atomic mass is 16.1. The van der Waals surface area contributed by atoms with Gasteiger partial charge in [-0.2, -0.15) is 0 Å². The van der Waals surface area contributed by atoms with E-state index in [0.29, 0.717) is 5.82 Å². The predicted octanol–water partition coefficient (Wildman–Crippen LogP) is 2.15. The van der Waals surface area contributed by atoms with Gasteiger partial charge in [0.25, 0.3) is 5.56 Å². The van der Waals surface area contributed by atoms with Gasteiger partial charge in [-0.1, -0.05) is 32.1 Å². The minimum atomic E-state index is -0.133. The summed E-state index contributed by atoms with van der Waals surface area (Å²) in [5.41, 5.74) is -0.133. The Labute approximate surface area is 95.5 Å². The van der Waals surface area contributed by atoms with E-state index < -0.39 is 0 Å². The Balaban J connectivity index is 1.75. The molecule has 1 fully saturated rings. The smallest absolute Gasteiger partial charge is 0.290 e. The lowest BCUT2D eigenvalue weighted by Crippen LogP contribution is -2.18. The zero-order valence-electron chi connectivity index (χ0n) is 9.54. The lowest BCUT2D eigenvalue weighted by atomic mass is 9.87. The number of nitrogens with one attached hydrogen (secondary N) is 2. The van der Waals surface area contributed by atoms with Crippen molar-refractivity contribution < 1.29 is 0 Å². The van der Waals surface area contributed by atoms with E-state index in [-0.39, 0.29) is 5.56 Å². The Hall–Kier alpha value is -1.32. The van der Waals surface area contributed by atoms with Crippen LogP contribution in [0.15, 0.2) is 17.2 Å². The van der Waals surface area contributed by atoms with Crippen LogP contribution in [0.3, 0.4) is 0 Å². The summed E-state index contributed by atoms with van der Waals surface area (Å²) in [5, 5.41) is 3.11. The molecule has 1 heterocycles. The monoisotopic (exact) mass is 221 g/mol. The molecule has 1 aliphatic carbocycles. The van der Waals surface area contributed by atoms with E-state index in [1.807, 2.05) is 0 Å². The maximum absolute atomic E-state index is 11.3. The maximum atomic E-state index is 11.3. The van der Waals surface area contributed by atoms with Gasteiger partial charge in [0.15, 0.2) is 5.82 Å². The summed E-state index contributed by atoms with van der Waals surface area (Å²) in [6.45, 7) is 0.852. The molecule has 0 aliphatic heterocycles. The molecule has 88 valence electrons. The summed E-state index contributed by atoms with van der Waals surface area (Å²) in [6, 6.07) is 0. The number of hydrogen-bond donors (Lipinski definition) is 2. The third kappa shape index (κ3) is 3.08. The van der Waals surface area contributed by atoms with Gasteiger partial charge in [-0.15, -0.1) is 0 Å². The largest absolute Gasteiger partial charge is 0.365 e. The van der Waals surface area contributed by atoms with Crippen LogP contribution in [0.1, 0.15) is 38.5 Å². The second kappa shape index (κ2) is 5.68. The highest BCUT2D eigenvalue weighted by Gasteiger charge is 2.12. The van der Waals surface area contributed by atoms with Gasteiger partial charge in [0.2, 0.25) is 0 Å². The zero-order chi connectivity index (χ0) is 11.2. The summed E-state index contributed by atoms with van der Waals surface area (Å²) in [5.74, 6) is 1.28. The summed E-state index contributed by atoms with van der Waals surface area (Å²) >= 11 is 0. The van der Waals surface area contributed by atoms with Crippen molar-refractivity contribution in [3.63, 3.8) is 0 Å². The molecule has 2 N–H and O–H groups in total. The standard InChI is InChI=1S/C12H19N3O/c16-12-11(14-8-9-15-12)13-7-6-10-4-2-1-3-5-10/h8-10H,1-7H2,(H,13,14)(H,15,16). The lowest BCUT2D eigenvalue weighted by Gasteiger charge is -2.21. The molecule has 4 heteroatoms. The summed E-state index contributed by atoms with van der Waals surface area (Å²) in [7, 11) is 0. The van der Waals surface area contributed by atoms with Crippen molar-refractivity contribution in [3.05, 3.63) is 22.7 Å². The highest BCUT2D eigenvalue weighted by Crippen LogP contribution is 2.25. The first kappa shape index (κ1) is 11.2. The molecule has 0 amide bonds. The van der Waals surface area contributed by atoms with Crippen molar-refractivity contribution in [3.8, 4) is 0 Å². The van der Waals surface area contributed by atoms with Crippen LogP contribution >= 0.6 is 0 Å². The van der Waals surface area contributed by atoms with Crippen molar-refractivity contribution in [2.45, 2.75) is 38.5 Å². The van der Waals surface area contributed by atoms with Gasteiger partial charge < -0.3 is 10.3 Å². The molecule has 1 aromatic rings. The average Bonchev–Trinajstić information content (AvgIpc) is 2.33. The zero-order valence-corrected chi connectivity index (χ0v) is 9.54. The maximum Gasteiger partial charge on any atom is 0.290 e. The van der Waals surface area contributed by atoms with Gasteiger partial charge >= 0.3 is 0 Å². The van der Waals surface area contributed by atoms with Crippen molar-refractivity contribution >= 4 is 5.82 Å². The van der Waals surface area contributed by atoms with Crippen LogP contribution in [0.25, 0.3) is 0 Å². The van der Waals surface area contributed by atoms with E-state index in [1.54, 1.807) is 12.4 Å². The number of nitrogens with zero attached hydrogens (tertiary/aromatic N) is 1. The molecule has 1 aromatic heterocycles. The molecule has 0 saturated heterocycles. The van der Waals surface area contributed by atoms with Gasteiger partial charge in [-0.25, -0.2) is 4.98 Å². The van der Waals surface area contributed by atoms with E-state index in [1.165, 1.54) is 32.1 Å². The number of aromatic amines is 1. The number of aromatic nitrogens is 2. The van der Waals surface area contributed by atoms with E-state index in [4.69, 9.17) is 0 Å². The third-order valence-electron chi connectivity index (χ3n) is 3.28. The fraction of sp³-hybridized carbons (Fsp3) is 0.667. The van der Waals surface area contributed by atoms with Gasteiger partial charge in [-0.05, 0) is 12.3 Å². The van der Waals surface area contributed by atoms with Crippen LogP contribution < -0.4 is 10.9 Å². The Bertz CT molecular complexity index is 369. The van der Waals surface area contributed by atoms with Crippen LogP contribution in [0.4, 0.5) is 5.82 Å². The van der Waals surface area contributed by atoms with Crippen molar-refractivity contribution in [2.24, 2.45) is 5.92 Å². The molecule has 2 rings (SSSR count). The number of anilines is 1. The first-order chi connectivity index (χ1) is 7.86. The van der Waals surface area contributed by atoms with E-state index >= 15 is 0 Å². The van der Waals surface area contributed by atoms with Crippen LogP contribution in [-0.2, 0) is 0 Å². The van der Waals surface area contributed by atoms with Crippen molar-refractivity contribution in [2.75, 3.05) is 11.9 Å². The molecular formula is C12H19N3O. The van der Waals surface area contributed by atoms with E-state index in [0.717, 1.165) is 18.9 Å². The summed E-state index contributed by atoms with van der Waals surface area (Å²) < 4.78 is 0. The average molecular weight is 221 g/mol. The molecule has 4 nitrogen and oxygen atoms in total. The Morgan fingerprint density at radius 1 is 1.38 bits per heavy atom. The third-order valence-corrected chi connectivity index (χ3v) is 3.28. The molecule has 1 saturated carbocycles. The predicted molar refractivity (Wildman–Crippen MR) is 64.5 cm³/mol. The second-order valence-corrected chi connectivity index (χ2v) is 4.49. The normalized spacial score (nSPS) is 17.2. The molecule has 0 spiro atoms. The molecule has 1 aliphatic rings. The minimum Gasteiger partial charge on any atom is -0.365 e. The second-order valence-electron chi connectivity index (χ2n) is 4.49. The Kier molecular flexibility index (Phi) is 3.97. The highest BCUT2D eigenvalue weighted by molar-refractivity contribution is 5.29. The lowest BCUT2D eigenvalue weighted by molar-refractivity contribution is 0.345. The molecule has 0 atom stereocenters. The fourth-order valence-electron chi connectivity index (χ4n) is 2.35. The molecular weight excluding hydrogens is 202 g/mol. The van der Waals surface area contributed by atoms with Crippen molar-refractivity contribution in [1.29, 1.82) is 0 Å². The Morgan fingerprint density at radius 3 is 2.94 bits per heavy atom. The van der Waals surface area contributed by atoms with Gasteiger partial charge in [0.05, 0.1) is 0 Å². The summed E-state index contributed by atoms with van der Waals surface area (Å²) in [4.78, 5) is 17.9. The SMILES string of the molecule is O=c1[nH]ccnc1NCCC1CCCCC1. The van der Waals surface area contributed by atoms with Crippen molar-refractivity contribution in [1.82, 2.24) is 9.97 Å². The van der Waals surface area contributed by atoms with Crippen LogP contribution in [0, 0.1) is 5.92 Å². The molecule has 0 radical (unpaired) electrons. The topological polar surface area (TPSA) is 57.8 Å². The van der Waals surface area contributed by atoms with Gasteiger partial charge in [0, 0.05) is 18.9 Å². The van der Waals surface area contributed by atoms with Gasteiger partial charge in [0.1, 0.15) is 0 Å². The van der Waals surface area contributed by atoms with E-state index in [2.05, 4.69) is 15.3 Å². The first-order valence-electron chi connectivity index (χ1n) is 6.14. The van der Waals surface area contributed by atoms with Gasteiger partial charge in [-0.3, -0.25) is 4.79 Å². The quantitative estimate of drug-likeness (QED) is 0.819. The molecule has 0 aromatic carbocycles. The van der Waals surface area contributed by atoms with E-state index in [9.17, 15) is 4.79 Å². The molecule has 0 bridgehead atoms. The number of H-pyrrole nitrogens is 1. The Morgan fingerprint density at radius 2 is 2.19 bits per heavy atom. The molecule has 16 heavy (non-hydrogen) atoms. The fourth-order valence-corrected chi connectivity index (χ4v) is 2.35. The summed E-state index contributed by atoms with van der Waals surface area (Å²) in [6.07, 6.45) is 11.1.